The number of hydrogen-bond acceptors (Lipinski definition) is 3. The van der Waals surface area contributed by atoms with Crippen molar-refractivity contribution in [1.82, 2.24) is 10.3 Å². The van der Waals surface area contributed by atoms with Gasteiger partial charge in [-0.2, -0.15) is 0 Å². The molecule has 3 aliphatic rings. The lowest BCUT2D eigenvalue weighted by molar-refractivity contribution is -0.123. The first kappa shape index (κ1) is 16.4. The van der Waals surface area contributed by atoms with E-state index >= 15 is 0 Å². The molecule has 2 amide bonds. The second-order valence-electron chi connectivity index (χ2n) is 7.87. The maximum absolute atomic E-state index is 12.6. The van der Waals surface area contributed by atoms with Crippen molar-refractivity contribution < 1.29 is 9.59 Å². The van der Waals surface area contributed by atoms with Crippen LogP contribution in [0, 0.1) is 17.8 Å². The molecule has 0 unspecified atom stereocenters. The van der Waals surface area contributed by atoms with Gasteiger partial charge in [0.2, 0.25) is 5.91 Å². The summed E-state index contributed by atoms with van der Waals surface area (Å²) in [4.78, 5) is 38.8. The molecular weight excluding hydrogens is 318 g/mol. The van der Waals surface area contributed by atoms with Crippen molar-refractivity contribution in [2.45, 2.75) is 57.4 Å². The van der Waals surface area contributed by atoms with Gasteiger partial charge in [0.05, 0.1) is 6.04 Å². The summed E-state index contributed by atoms with van der Waals surface area (Å²) in [5.41, 5.74) is 6.47. The van der Waals surface area contributed by atoms with Gasteiger partial charge in [-0.3, -0.25) is 14.4 Å². The zero-order valence-corrected chi connectivity index (χ0v) is 14.3. The van der Waals surface area contributed by atoms with Crippen molar-refractivity contribution in [3.8, 4) is 0 Å². The summed E-state index contributed by atoms with van der Waals surface area (Å²) in [5.74, 6) is 1.39. The molecule has 1 heterocycles. The highest BCUT2D eigenvalue weighted by molar-refractivity contribution is 5.92. The van der Waals surface area contributed by atoms with E-state index in [0.29, 0.717) is 12.3 Å². The Kier molecular flexibility index (Phi) is 4.13. The fourth-order valence-electron chi connectivity index (χ4n) is 4.31. The molecule has 134 valence electrons. The van der Waals surface area contributed by atoms with Gasteiger partial charge in [-0.25, -0.2) is 0 Å². The van der Waals surface area contributed by atoms with Crippen LogP contribution in [-0.2, 0) is 11.2 Å². The molecule has 4 N–H and O–H groups in total. The Bertz CT molecular complexity index is 750. The summed E-state index contributed by atoms with van der Waals surface area (Å²) < 4.78 is 0. The summed E-state index contributed by atoms with van der Waals surface area (Å²) >= 11 is 0. The molecule has 0 spiro atoms. The second kappa shape index (κ2) is 6.32. The Hall–Kier alpha value is -2.11. The molecule has 1 aromatic rings. The standard InChI is InChI=1S/C19H25N3O3/c20-18(24)14-8-13-15(2-1-3-16(13)22-19(14)25)21-17(23)9-12(10-4-5-10)11-6-7-11/h8,10-12,15H,1-7,9H2,(H2,20,24)(H,21,23)(H,22,25)/t15-/m0/s1. The molecule has 1 atom stereocenters. The van der Waals surface area contributed by atoms with E-state index in [2.05, 4.69) is 10.3 Å². The lowest BCUT2D eigenvalue weighted by Gasteiger charge is -2.27. The van der Waals surface area contributed by atoms with Gasteiger partial charge in [0.15, 0.2) is 0 Å². The van der Waals surface area contributed by atoms with Crippen LogP contribution in [0.15, 0.2) is 10.9 Å². The van der Waals surface area contributed by atoms with Crippen molar-refractivity contribution in [3.05, 3.63) is 33.2 Å². The number of aryl methyl sites for hydroxylation is 1. The summed E-state index contributed by atoms with van der Waals surface area (Å²) in [7, 11) is 0. The van der Waals surface area contributed by atoms with Gasteiger partial charge in [-0.1, -0.05) is 0 Å². The zero-order valence-electron chi connectivity index (χ0n) is 14.3. The van der Waals surface area contributed by atoms with Crippen LogP contribution in [-0.4, -0.2) is 16.8 Å². The summed E-state index contributed by atoms with van der Waals surface area (Å²) in [6.07, 6.45) is 8.15. The summed E-state index contributed by atoms with van der Waals surface area (Å²) in [5, 5.41) is 3.14. The molecule has 0 saturated heterocycles. The van der Waals surface area contributed by atoms with E-state index in [4.69, 9.17) is 5.73 Å². The third-order valence-electron chi connectivity index (χ3n) is 5.93. The predicted molar refractivity (Wildman–Crippen MR) is 93.0 cm³/mol. The van der Waals surface area contributed by atoms with E-state index in [9.17, 15) is 14.4 Å². The van der Waals surface area contributed by atoms with Crippen molar-refractivity contribution in [2.75, 3.05) is 0 Å². The predicted octanol–water partition coefficient (Wildman–Crippen LogP) is 1.79. The van der Waals surface area contributed by atoms with Gasteiger partial charge in [0.1, 0.15) is 5.56 Å². The van der Waals surface area contributed by atoms with Gasteiger partial charge in [0, 0.05) is 12.1 Å². The van der Waals surface area contributed by atoms with Crippen LogP contribution in [0.2, 0.25) is 0 Å². The van der Waals surface area contributed by atoms with E-state index in [-0.39, 0.29) is 17.5 Å². The van der Waals surface area contributed by atoms with E-state index in [0.717, 1.165) is 42.4 Å². The molecule has 0 aliphatic heterocycles. The SMILES string of the molecule is NC(=O)c1cc2c([nH]c1=O)CCC[C@@H]2NC(=O)CC(C1CC1)C1CC1. The Morgan fingerprint density at radius 1 is 1.20 bits per heavy atom. The third kappa shape index (κ3) is 3.48. The number of pyridine rings is 1. The Morgan fingerprint density at radius 3 is 2.48 bits per heavy atom. The number of primary amides is 1. The van der Waals surface area contributed by atoms with Gasteiger partial charge >= 0.3 is 0 Å². The zero-order chi connectivity index (χ0) is 17.6. The summed E-state index contributed by atoms with van der Waals surface area (Å²) in [6, 6.07) is 1.42. The first-order valence-electron chi connectivity index (χ1n) is 9.38. The van der Waals surface area contributed by atoms with E-state index in [1.165, 1.54) is 25.7 Å². The number of amides is 2. The van der Waals surface area contributed by atoms with Gasteiger partial charge in [-0.15, -0.1) is 0 Å². The molecular formula is C19H25N3O3. The highest BCUT2D eigenvalue weighted by Gasteiger charge is 2.42. The first-order valence-corrected chi connectivity index (χ1v) is 9.38. The topological polar surface area (TPSA) is 105 Å². The Morgan fingerprint density at radius 2 is 1.88 bits per heavy atom. The maximum atomic E-state index is 12.6. The molecule has 2 fully saturated rings. The van der Waals surface area contributed by atoms with E-state index in [1.807, 2.05) is 0 Å². The van der Waals surface area contributed by atoms with Crippen LogP contribution in [0.4, 0.5) is 0 Å². The number of aromatic amines is 1. The van der Waals surface area contributed by atoms with Gasteiger partial charge < -0.3 is 16.0 Å². The quantitative estimate of drug-likeness (QED) is 0.733. The lowest BCUT2D eigenvalue weighted by atomic mass is 9.89. The third-order valence-corrected chi connectivity index (χ3v) is 5.93. The smallest absolute Gasteiger partial charge is 0.261 e. The van der Waals surface area contributed by atoms with Crippen LogP contribution >= 0.6 is 0 Å². The van der Waals surface area contributed by atoms with Crippen molar-refractivity contribution >= 4 is 11.8 Å². The van der Waals surface area contributed by atoms with Crippen molar-refractivity contribution in [1.29, 1.82) is 0 Å². The normalized spacial score (nSPS) is 22.5. The number of hydrogen-bond donors (Lipinski definition) is 3. The minimum absolute atomic E-state index is 0.0336. The van der Waals surface area contributed by atoms with Crippen LogP contribution in [0.3, 0.4) is 0 Å². The maximum Gasteiger partial charge on any atom is 0.261 e. The highest BCUT2D eigenvalue weighted by Crippen LogP contribution is 2.50. The molecule has 4 rings (SSSR count). The van der Waals surface area contributed by atoms with E-state index < -0.39 is 11.5 Å². The number of rotatable bonds is 6. The van der Waals surface area contributed by atoms with Crippen LogP contribution in [0.1, 0.15) is 72.6 Å². The molecule has 0 aromatic carbocycles. The summed E-state index contributed by atoms with van der Waals surface area (Å²) in [6.45, 7) is 0. The molecule has 6 heteroatoms. The molecule has 6 nitrogen and oxygen atoms in total. The molecule has 2 saturated carbocycles. The molecule has 0 bridgehead atoms. The van der Waals surface area contributed by atoms with Crippen LogP contribution in [0.5, 0.6) is 0 Å². The Balaban J connectivity index is 1.50. The van der Waals surface area contributed by atoms with Crippen molar-refractivity contribution in [3.63, 3.8) is 0 Å². The molecule has 1 aromatic heterocycles. The monoisotopic (exact) mass is 343 g/mol. The first-order chi connectivity index (χ1) is 12.0. The number of H-pyrrole nitrogens is 1. The lowest BCUT2D eigenvalue weighted by Crippen LogP contribution is -2.35. The second-order valence-corrected chi connectivity index (χ2v) is 7.87. The van der Waals surface area contributed by atoms with Crippen molar-refractivity contribution in [2.24, 2.45) is 23.5 Å². The number of nitrogens with two attached hydrogens (primary N) is 1. The Labute approximate surface area is 146 Å². The number of carbonyl (C=O) groups excluding carboxylic acids is 2. The van der Waals surface area contributed by atoms with Gasteiger partial charge in [0.25, 0.3) is 11.5 Å². The molecule has 25 heavy (non-hydrogen) atoms. The van der Waals surface area contributed by atoms with Crippen LogP contribution in [0.25, 0.3) is 0 Å². The highest BCUT2D eigenvalue weighted by atomic mass is 16.2. The largest absolute Gasteiger partial charge is 0.365 e. The van der Waals surface area contributed by atoms with Crippen LogP contribution < -0.4 is 16.6 Å². The number of fused-ring (bicyclic) bond motifs is 1. The fraction of sp³-hybridized carbons (Fsp3) is 0.632. The fourth-order valence-corrected chi connectivity index (χ4v) is 4.31. The van der Waals surface area contributed by atoms with Gasteiger partial charge in [-0.05, 0) is 74.3 Å². The number of aromatic nitrogens is 1. The average Bonchev–Trinajstić information content (AvgIpc) is 3.46. The minimum atomic E-state index is -0.734. The van der Waals surface area contributed by atoms with E-state index in [1.54, 1.807) is 6.07 Å². The number of nitrogens with one attached hydrogen (secondary N) is 2. The minimum Gasteiger partial charge on any atom is -0.365 e. The average molecular weight is 343 g/mol. The number of carbonyl (C=O) groups is 2. The molecule has 0 radical (unpaired) electrons. The molecule has 3 aliphatic carbocycles.